The second-order valence-corrected chi connectivity index (χ2v) is 4.78. The van der Waals surface area contributed by atoms with Gasteiger partial charge in [0.1, 0.15) is 6.54 Å². The van der Waals surface area contributed by atoms with E-state index >= 15 is 0 Å². The van der Waals surface area contributed by atoms with Crippen molar-refractivity contribution in [2.45, 2.75) is 13.5 Å². The molecular weight excluding hydrogens is 265 g/mol. The number of halogens is 2. The molecule has 0 aliphatic carbocycles. The molecule has 18 heavy (non-hydrogen) atoms. The van der Waals surface area contributed by atoms with Crippen LogP contribution in [0.25, 0.3) is 10.8 Å². The van der Waals surface area contributed by atoms with E-state index in [0.29, 0.717) is 0 Å². The van der Waals surface area contributed by atoms with Gasteiger partial charge in [0.05, 0.1) is 19.0 Å². The lowest BCUT2D eigenvalue weighted by atomic mass is 10.1. The minimum absolute atomic E-state index is 0. The third-order valence-corrected chi connectivity index (χ3v) is 3.41. The molecule has 0 radical (unpaired) electrons. The first-order chi connectivity index (χ1) is 8.33. The largest absolute Gasteiger partial charge is 1.00 e. The number of quaternary nitrogens is 1. The van der Waals surface area contributed by atoms with Crippen molar-refractivity contribution in [2.24, 2.45) is 0 Å². The van der Waals surface area contributed by atoms with Gasteiger partial charge in [-0.15, -0.1) is 11.6 Å². The van der Waals surface area contributed by atoms with Gasteiger partial charge in [-0.1, -0.05) is 36.4 Å². The fourth-order valence-corrected chi connectivity index (χ4v) is 2.43. The lowest BCUT2D eigenvalue weighted by molar-refractivity contribution is -0.909. The third-order valence-electron chi connectivity index (χ3n) is 3.22. The van der Waals surface area contributed by atoms with E-state index in [1.807, 2.05) is 0 Å². The Labute approximate surface area is 120 Å². The van der Waals surface area contributed by atoms with Gasteiger partial charge < -0.3 is 17.3 Å². The van der Waals surface area contributed by atoms with Gasteiger partial charge in [0.25, 0.3) is 0 Å². The number of hydrogen-bond donors (Lipinski definition) is 1. The first-order valence-corrected chi connectivity index (χ1v) is 6.74. The average molecular weight is 284 g/mol. The lowest BCUT2D eigenvalue weighted by Gasteiger charge is -2.16. The van der Waals surface area contributed by atoms with E-state index in [1.54, 1.807) is 0 Å². The van der Waals surface area contributed by atoms with Crippen LogP contribution in [0.3, 0.4) is 0 Å². The molecule has 0 heterocycles. The summed E-state index contributed by atoms with van der Waals surface area (Å²) in [4.78, 5) is 1.54. The second kappa shape index (κ2) is 7.63. The summed E-state index contributed by atoms with van der Waals surface area (Å²) in [6.45, 7) is 5.43. The van der Waals surface area contributed by atoms with Crippen LogP contribution in [0, 0.1) is 0 Å². The van der Waals surface area contributed by atoms with Crippen molar-refractivity contribution in [3.05, 3.63) is 48.0 Å². The van der Waals surface area contributed by atoms with E-state index in [2.05, 4.69) is 49.4 Å². The Hall–Kier alpha value is -0.760. The predicted molar refractivity (Wildman–Crippen MR) is 74.7 cm³/mol. The topological polar surface area (TPSA) is 4.44 Å². The van der Waals surface area contributed by atoms with Crippen molar-refractivity contribution >= 4 is 22.4 Å². The van der Waals surface area contributed by atoms with Gasteiger partial charge in [-0.3, -0.25) is 0 Å². The van der Waals surface area contributed by atoms with Gasteiger partial charge in [-0.05, 0) is 23.8 Å². The van der Waals surface area contributed by atoms with E-state index in [-0.39, 0.29) is 12.4 Å². The first-order valence-electron chi connectivity index (χ1n) is 6.20. The predicted octanol–water partition coefficient (Wildman–Crippen LogP) is -0.513. The normalized spacial score (nSPS) is 12.1. The first kappa shape index (κ1) is 15.3. The SMILES string of the molecule is CC[NH+](CCCl)Cc1ccc2ccccc2c1.[Cl-]. The fraction of sp³-hybridized carbons (Fsp3) is 0.333. The van der Waals surface area contributed by atoms with Gasteiger partial charge in [-0.2, -0.15) is 0 Å². The molecule has 1 atom stereocenters. The molecule has 0 spiro atoms. The summed E-state index contributed by atoms with van der Waals surface area (Å²) in [6.07, 6.45) is 0. The molecule has 2 rings (SSSR count). The minimum Gasteiger partial charge on any atom is -1.00 e. The monoisotopic (exact) mass is 283 g/mol. The zero-order valence-electron chi connectivity index (χ0n) is 10.6. The Morgan fingerprint density at radius 1 is 1.06 bits per heavy atom. The average Bonchev–Trinajstić information content (AvgIpc) is 2.38. The van der Waals surface area contributed by atoms with Gasteiger partial charge in [0, 0.05) is 5.56 Å². The van der Waals surface area contributed by atoms with Crippen LogP contribution >= 0.6 is 11.6 Å². The molecule has 2 aromatic carbocycles. The molecule has 0 bridgehead atoms. The van der Waals surface area contributed by atoms with E-state index in [0.717, 1.165) is 25.5 Å². The molecule has 0 amide bonds. The van der Waals surface area contributed by atoms with Crippen molar-refractivity contribution < 1.29 is 17.3 Å². The zero-order valence-corrected chi connectivity index (χ0v) is 12.1. The molecule has 0 aliphatic rings. The zero-order chi connectivity index (χ0) is 12.1. The quantitative estimate of drug-likeness (QED) is 0.705. The van der Waals surface area contributed by atoms with Crippen LogP contribution in [-0.2, 0) is 6.54 Å². The van der Waals surface area contributed by atoms with Crippen LogP contribution in [0.15, 0.2) is 42.5 Å². The Kier molecular flexibility index (Phi) is 6.48. The number of rotatable bonds is 5. The maximum Gasteiger partial charge on any atom is 0.103 e. The minimum atomic E-state index is 0. The van der Waals surface area contributed by atoms with Crippen LogP contribution in [0.1, 0.15) is 12.5 Å². The van der Waals surface area contributed by atoms with Crippen LogP contribution in [0.5, 0.6) is 0 Å². The van der Waals surface area contributed by atoms with Gasteiger partial charge in [-0.25, -0.2) is 0 Å². The summed E-state index contributed by atoms with van der Waals surface area (Å²) in [5, 5.41) is 2.64. The second-order valence-electron chi connectivity index (χ2n) is 4.40. The van der Waals surface area contributed by atoms with Gasteiger partial charge in [0.15, 0.2) is 0 Å². The highest BCUT2D eigenvalue weighted by Gasteiger charge is 2.06. The smallest absolute Gasteiger partial charge is 0.103 e. The van der Waals surface area contributed by atoms with Gasteiger partial charge in [0.2, 0.25) is 0 Å². The summed E-state index contributed by atoms with van der Waals surface area (Å²) in [5.41, 5.74) is 1.39. The number of alkyl halides is 1. The standard InChI is InChI=1S/C15H18ClN.ClH/c1-2-17(10-9-16)12-13-7-8-14-5-3-4-6-15(14)11-13;/h3-8,11H,2,9-10,12H2,1H3;1H. The fourth-order valence-electron chi connectivity index (χ4n) is 2.16. The highest BCUT2D eigenvalue weighted by atomic mass is 35.5. The number of fused-ring (bicyclic) bond motifs is 1. The number of nitrogens with one attached hydrogen (secondary N) is 1. The van der Waals surface area contributed by atoms with Crippen LogP contribution < -0.4 is 17.3 Å². The van der Waals surface area contributed by atoms with Crippen molar-refractivity contribution in [1.82, 2.24) is 0 Å². The van der Waals surface area contributed by atoms with Crippen LogP contribution in [0.2, 0.25) is 0 Å². The highest BCUT2D eigenvalue weighted by molar-refractivity contribution is 6.17. The van der Waals surface area contributed by atoms with Crippen LogP contribution in [0.4, 0.5) is 0 Å². The molecule has 0 saturated heterocycles. The molecule has 1 unspecified atom stereocenters. The van der Waals surface area contributed by atoms with E-state index in [9.17, 15) is 0 Å². The lowest BCUT2D eigenvalue weighted by Crippen LogP contribution is -3.10. The van der Waals surface area contributed by atoms with Crippen molar-refractivity contribution in [1.29, 1.82) is 0 Å². The number of hydrogen-bond acceptors (Lipinski definition) is 0. The summed E-state index contributed by atoms with van der Waals surface area (Å²) >= 11 is 5.82. The van der Waals surface area contributed by atoms with Crippen LogP contribution in [-0.4, -0.2) is 19.0 Å². The summed E-state index contributed by atoms with van der Waals surface area (Å²) in [6, 6.07) is 15.2. The maximum absolute atomic E-state index is 5.82. The molecule has 0 fully saturated rings. The molecule has 0 aromatic heterocycles. The molecule has 2 aromatic rings. The van der Waals surface area contributed by atoms with Crippen molar-refractivity contribution in [3.63, 3.8) is 0 Å². The summed E-state index contributed by atoms with van der Waals surface area (Å²) in [7, 11) is 0. The Morgan fingerprint density at radius 2 is 1.78 bits per heavy atom. The van der Waals surface area contributed by atoms with Crippen molar-refractivity contribution in [2.75, 3.05) is 19.0 Å². The van der Waals surface area contributed by atoms with E-state index in [4.69, 9.17) is 11.6 Å². The molecule has 0 aliphatic heterocycles. The van der Waals surface area contributed by atoms with Crippen molar-refractivity contribution in [3.8, 4) is 0 Å². The summed E-state index contributed by atoms with van der Waals surface area (Å²) in [5.74, 6) is 0.733. The Morgan fingerprint density at radius 3 is 2.44 bits per heavy atom. The maximum atomic E-state index is 5.82. The highest BCUT2D eigenvalue weighted by Crippen LogP contribution is 2.14. The Bertz CT molecular complexity index is 485. The van der Waals surface area contributed by atoms with Gasteiger partial charge >= 0.3 is 0 Å². The molecule has 98 valence electrons. The molecule has 0 saturated carbocycles. The molecule has 1 N–H and O–H groups in total. The third kappa shape index (κ3) is 3.88. The molecular formula is C15H19Cl2N. The van der Waals surface area contributed by atoms with E-state index < -0.39 is 0 Å². The van der Waals surface area contributed by atoms with E-state index in [1.165, 1.54) is 21.2 Å². The molecule has 3 heteroatoms. The Balaban J connectivity index is 0.00000162. The summed E-state index contributed by atoms with van der Waals surface area (Å²) < 4.78 is 0. The number of benzene rings is 2. The molecule has 1 nitrogen and oxygen atoms in total.